The molecule has 0 aliphatic rings. The number of benzene rings is 2. The molecule has 112 valence electrons. The van der Waals surface area contributed by atoms with E-state index in [0.29, 0.717) is 20.6 Å². The van der Waals surface area contributed by atoms with E-state index in [0.717, 1.165) is 18.5 Å². The van der Waals surface area contributed by atoms with Gasteiger partial charge in [-0.05, 0) is 54.9 Å². The predicted octanol–water partition coefficient (Wildman–Crippen LogP) is 5.87. The lowest BCUT2D eigenvalue weighted by molar-refractivity contribution is 0.547. The van der Waals surface area contributed by atoms with Crippen LogP contribution in [0.25, 0.3) is 0 Å². The first-order chi connectivity index (χ1) is 10.0. The summed E-state index contributed by atoms with van der Waals surface area (Å²) in [5.41, 5.74) is 1.19. The molecule has 21 heavy (non-hydrogen) atoms. The van der Waals surface area contributed by atoms with Crippen molar-refractivity contribution >= 4 is 34.8 Å². The number of hydrogen-bond donors (Lipinski definition) is 1. The first kappa shape index (κ1) is 16.6. The fourth-order valence-electron chi connectivity index (χ4n) is 2.15. The van der Waals surface area contributed by atoms with Crippen LogP contribution in [0.1, 0.15) is 30.5 Å². The van der Waals surface area contributed by atoms with Gasteiger partial charge in [0.2, 0.25) is 0 Å². The second-order valence-corrected chi connectivity index (χ2v) is 6.00. The summed E-state index contributed by atoms with van der Waals surface area (Å²) in [5.74, 6) is -0.330. The van der Waals surface area contributed by atoms with Crippen molar-refractivity contribution in [3.8, 4) is 0 Å². The molecule has 0 aliphatic carbocycles. The van der Waals surface area contributed by atoms with Crippen LogP contribution in [0, 0.1) is 5.82 Å². The van der Waals surface area contributed by atoms with Crippen LogP contribution < -0.4 is 5.32 Å². The Kier molecular flexibility index (Phi) is 5.88. The summed E-state index contributed by atoms with van der Waals surface area (Å²) in [5, 5.41) is 4.87. The molecule has 1 atom stereocenters. The average Bonchev–Trinajstić information content (AvgIpc) is 2.46. The Morgan fingerprint density at radius 3 is 2.29 bits per heavy atom. The monoisotopic (exact) mass is 345 g/mol. The molecule has 0 spiro atoms. The van der Waals surface area contributed by atoms with E-state index in [2.05, 4.69) is 5.32 Å². The lowest BCUT2D eigenvalue weighted by Crippen LogP contribution is -2.24. The highest BCUT2D eigenvalue weighted by atomic mass is 35.5. The molecule has 0 saturated carbocycles. The van der Waals surface area contributed by atoms with Crippen LogP contribution in [0.4, 0.5) is 4.39 Å². The molecule has 1 unspecified atom stereocenters. The topological polar surface area (TPSA) is 12.0 Å². The fourth-order valence-corrected chi connectivity index (χ4v) is 2.74. The Hall–Kier alpha value is -0.800. The van der Waals surface area contributed by atoms with Gasteiger partial charge < -0.3 is 5.32 Å². The van der Waals surface area contributed by atoms with Gasteiger partial charge in [0.05, 0.1) is 6.04 Å². The third-order valence-electron chi connectivity index (χ3n) is 3.14. The van der Waals surface area contributed by atoms with Crippen molar-refractivity contribution < 1.29 is 4.39 Å². The normalized spacial score (nSPS) is 12.4. The fraction of sp³-hybridized carbons (Fsp3) is 0.250. The lowest BCUT2D eigenvalue weighted by atomic mass is 9.98. The Bertz CT molecular complexity index is 579. The Balaban J connectivity index is 2.52. The minimum atomic E-state index is -0.394. The van der Waals surface area contributed by atoms with Gasteiger partial charge in [0, 0.05) is 20.6 Å². The van der Waals surface area contributed by atoms with Crippen molar-refractivity contribution in [2.75, 3.05) is 6.54 Å². The standard InChI is InChI=1S/C16H15Cl3FN/c1-2-7-21-16(12-8-10(17)3-5-14(12)19)13-9-11(18)4-6-15(13)20/h3-6,8-9,16,21H,2,7H2,1H3. The van der Waals surface area contributed by atoms with Gasteiger partial charge in [0.25, 0.3) is 0 Å². The van der Waals surface area contributed by atoms with Crippen LogP contribution in [0.2, 0.25) is 15.1 Å². The summed E-state index contributed by atoms with van der Waals surface area (Å²) >= 11 is 18.3. The van der Waals surface area contributed by atoms with Crippen LogP contribution in [-0.2, 0) is 0 Å². The summed E-state index contributed by atoms with van der Waals surface area (Å²) < 4.78 is 14.2. The highest BCUT2D eigenvalue weighted by Gasteiger charge is 2.20. The minimum absolute atomic E-state index is 0.330. The van der Waals surface area contributed by atoms with E-state index >= 15 is 0 Å². The minimum Gasteiger partial charge on any atom is -0.306 e. The average molecular weight is 347 g/mol. The summed E-state index contributed by atoms with van der Waals surface area (Å²) in [6, 6.07) is 9.27. The van der Waals surface area contributed by atoms with Gasteiger partial charge in [-0.1, -0.05) is 41.7 Å². The quantitative estimate of drug-likeness (QED) is 0.713. The molecular weight excluding hydrogens is 332 g/mol. The van der Waals surface area contributed by atoms with Crippen molar-refractivity contribution in [3.63, 3.8) is 0 Å². The molecule has 2 rings (SSSR count). The maximum absolute atomic E-state index is 14.2. The molecular formula is C16H15Cl3FN. The lowest BCUT2D eigenvalue weighted by Gasteiger charge is -2.22. The van der Waals surface area contributed by atoms with E-state index in [1.165, 1.54) is 12.1 Å². The molecule has 2 aromatic rings. The van der Waals surface area contributed by atoms with E-state index in [1.54, 1.807) is 24.3 Å². The highest BCUT2D eigenvalue weighted by Crippen LogP contribution is 2.33. The van der Waals surface area contributed by atoms with Gasteiger partial charge in [-0.3, -0.25) is 0 Å². The number of nitrogens with one attached hydrogen (secondary N) is 1. The maximum Gasteiger partial charge on any atom is 0.128 e. The molecule has 1 N–H and O–H groups in total. The Morgan fingerprint density at radius 2 is 1.62 bits per heavy atom. The third-order valence-corrected chi connectivity index (χ3v) is 3.95. The molecule has 0 bridgehead atoms. The zero-order valence-electron chi connectivity index (χ0n) is 11.5. The molecule has 0 fully saturated rings. The predicted molar refractivity (Wildman–Crippen MR) is 88.0 cm³/mol. The molecule has 5 heteroatoms. The first-order valence-corrected chi connectivity index (χ1v) is 7.79. The summed E-state index contributed by atoms with van der Waals surface area (Å²) in [6.07, 6.45) is 0.914. The molecule has 0 saturated heterocycles. The van der Waals surface area contributed by atoms with Crippen LogP contribution in [0.5, 0.6) is 0 Å². The van der Waals surface area contributed by atoms with E-state index in [1.807, 2.05) is 6.92 Å². The largest absolute Gasteiger partial charge is 0.306 e. The number of rotatable bonds is 5. The number of hydrogen-bond acceptors (Lipinski definition) is 1. The Morgan fingerprint density at radius 1 is 1.00 bits per heavy atom. The van der Waals surface area contributed by atoms with Crippen LogP contribution >= 0.6 is 34.8 Å². The molecule has 0 amide bonds. The summed E-state index contributed by atoms with van der Waals surface area (Å²) in [6.45, 7) is 2.76. The smallest absolute Gasteiger partial charge is 0.128 e. The van der Waals surface area contributed by atoms with Gasteiger partial charge in [0.1, 0.15) is 5.82 Å². The second kappa shape index (κ2) is 7.46. The summed E-state index contributed by atoms with van der Waals surface area (Å²) in [7, 11) is 0. The molecule has 1 nitrogen and oxygen atoms in total. The second-order valence-electron chi connectivity index (χ2n) is 4.72. The third kappa shape index (κ3) is 4.10. The van der Waals surface area contributed by atoms with E-state index in [9.17, 15) is 4.39 Å². The summed E-state index contributed by atoms with van der Waals surface area (Å²) in [4.78, 5) is 0. The highest BCUT2D eigenvalue weighted by molar-refractivity contribution is 6.33. The number of halogens is 4. The molecule has 2 aromatic carbocycles. The van der Waals surface area contributed by atoms with Crippen molar-refractivity contribution in [3.05, 3.63) is 68.4 Å². The molecule has 0 aromatic heterocycles. The zero-order valence-corrected chi connectivity index (χ0v) is 13.7. The first-order valence-electron chi connectivity index (χ1n) is 6.66. The van der Waals surface area contributed by atoms with Gasteiger partial charge >= 0.3 is 0 Å². The SMILES string of the molecule is CCCNC(c1cc(Cl)ccc1F)c1cc(Cl)ccc1Cl. The van der Waals surface area contributed by atoms with Crippen molar-refractivity contribution in [1.29, 1.82) is 0 Å². The van der Waals surface area contributed by atoms with Crippen molar-refractivity contribution in [2.24, 2.45) is 0 Å². The molecule has 0 radical (unpaired) electrons. The van der Waals surface area contributed by atoms with Crippen molar-refractivity contribution in [1.82, 2.24) is 5.32 Å². The van der Waals surface area contributed by atoms with Crippen LogP contribution in [0.15, 0.2) is 36.4 Å². The Labute approximate surface area is 139 Å². The zero-order chi connectivity index (χ0) is 15.4. The maximum atomic E-state index is 14.2. The van der Waals surface area contributed by atoms with Crippen LogP contribution in [-0.4, -0.2) is 6.54 Å². The van der Waals surface area contributed by atoms with Crippen LogP contribution in [0.3, 0.4) is 0 Å². The van der Waals surface area contributed by atoms with Gasteiger partial charge in [0.15, 0.2) is 0 Å². The van der Waals surface area contributed by atoms with Gasteiger partial charge in [-0.2, -0.15) is 0 Å². The molecule has 0 heterocycles. The van der Waals surface area contributed by atoms with E-state index in [-0.39, 0.29) is 5.82 Å². The molecule has 0 aliphatic heterocycles. The van der Waals surface area contributed by atoms with Crippen molar-refractivity contribution in [2.45, 2.75) is 19.4 Å². The van der Waals surface area contributed by atoms with E-state index in [4.69, 9.17) is 34.8 Å². The van der Waals surface area contributed by atoms with Gasteiger partial charge in [-0.15, -0.1) is 0 Å². The van der Waals surface area contributed by atoms with Gasteiger partial charge in [-0.25, -0.2) is 4.39 Å². The van der Waals surface area contributed by atoms with E-state index < -0.39 is 6.04 Å².